The van der Waals surface area contributed by atoms with Gasteiger partial charge in [0, 0.05) is 11.9 Å². The predicted octanol–water partition coefficient (Wildman–Crippen LogP) is 4.72. The quantitative estimate of drug-likeness (QED) is 0.626. The van der Waals surface area contributed by atoms with E-state index < -0.39 is 39.8 Å². The van der Waals surface area contributed by atoms with E-state index in [-0.39, 0.29) is 0 Å². The summed E-state index contributed by atoms with van der Waals surface area (Å²) in [6, 6.07) is 3.48. The van der Waals surface area contributed by atoms with Gasteiger partial charge in [0.05, 0.1) is 16.1 Å². The molecule has 0 heterocycles. The molecule has 1 N–H and O–H groups in total. The van der Waals surface area contributed by atoms with Crippen LogP contribution in [0.5, 0.6) is 0 Å². The van der Waals surface area contributed by atoms with Crippen LogP contribution in [0.15, 0.2) is 23.9 Å². The second-order valence-corrected chi connectivity index (χ2v) is 4.18. The molecule has 10 heteroatoms. The molecule has 0 bridgehead atoms. The Labute approximate surface area is 125 Å². The minimum absolute atomic E-state index is 0.348. The number of nitrogens with zero attached hydrogens (tertiary/aromatic N) is 2. The van der Waals surface area contributed by atoms with Gasteiger partial charge in [-0.05, 0) is 12.1 Å². The van der Waals surface area contributed by atoms with Crippen LogP contribution in [0.4, 0.5) is 32.0 Å². The summed E-state index contributed by atoms with van der Waals surface area (Å²) in [5.74, 6) is 0. The summed E-state index contributed by atoms with van der Waals surface area (Å²) < 4.78 is 76.4. The molecule has 0 aliphatic rings. The van der Waals surface area contributed by atoms with Crippen LogP contribution in [0.1, 0.15) is 11.1 Å². The number of alkyl halides is 6. The van der Waals surface area contributed by atoms with Gasteiger partial charge in [-0.15, -0.1) is 0 Å². The van der Waals surface area contributed by atoms with E-state index in [0.29, 0.717) is 18.3 Å². The number of hydrogen-bond donors (Lipinski definition) is 1. The van der Waals surface area contributed by atoms with Gasteiger partial charge in [0.1, 0.15) is 17.7 Å². The molecule has 3 nitrogen and oxygen atoms in total. The summed E-state index contributed by atoms with van der Waals surface area (Å²) in [6.45, 7) is 0. The first-order chi connectivity index (χ1) is 10.0. The maximum atomic E-state index is 12.7. The first kappa shape index (κ1) is 17.7. The Bertz CT molecular complexity index is 640. The van der Waals surface area contributed by atoms with Gasteiger partial charge in [-0.3, -0.25) is 0 Å². The van der Waals surface area contributed by atoms with E-state index in [2.05, 4.69) is 0 Å². The molecule has 116 valence electrons. The largest absolute Gasteiger partial charge is 0.417 e. The van der Waals surface area contributed by atoms with Gasteiger partial charge in [-0.1, -0.05) is 11.6 Å². The Hall–Kier alpha value is -2.39. The highest BCUT2D eigenvalue weighted by molar-refractivity contribution is 6.32. The molecule has 0 fully saturated rings. The lowest BCUT2D eigenvalue weighted by atomic mass is 10.1. The summed E-state index contributed by atoms with van der Waals surface area (Å²) in [7, 11) is 0. The van der Waals surface area contributed by atoms with E-state index in [9.17, 15) is 26.3 Å². The van der Waals surface area contributed by atoms with E-state index in [0.717, 1.165) is 0 Å². The highest BCUT2D eigenvalue weighted by atomic mass is 35.5. The molecule has 0 unspecified atom stereocenters. The SMILES string of the molecule is N#CC(C#N)=CNc1cc(C(F)(F)F)c(Cl)c(C(F)(F)F)c1. The third-order valence-corrected chi connectivity index (χ3v) is 2.71. The number of benzene rings is 1. The molecule has 0 spiro atoms. The summed E-state index contributed by atoms with van der Waals surface area (Å²) in [5, 5.41) is 17.5. The normalized spacial score (nSPS) is 11.3. The topological polar surface area (TPSA) is 59.6 Å². The average Bonchev–Trinajstić information content (AvgIpc) is 2.38. The first-order valence-electron chi connectivity index (χ1n) is 5.25. The summed E-state index contributed by atoms with van der Waals surface area (Å²) in [6.07, 6.45) is -9.53. The molecule has 0 atom stereocenters. The van der Waals surface area contributed by atoms with Gasteiger partial charge in [-0.2, -0.15) is 36.9 Å². The van der Waals surface area contributed by atoms with Crippen LogP contribution in [0, 0.1) is 22.7 Å². The Morgan fingerprint density at radius 1 is 1.00 bits per heavy atom. The van der Waals surface area contributed by atoms with Crippen molar-refractivity contribution in [2.75, 3.05) is 5.32 Å². The van der Waals surface area contributed by atoms with Crippen LogP contribution in [-0.2, 0) is 12.4 Å². The number of allylic oxidation sites excluding steroid dienone is 1. The van der Waals surface area contributed by atoms with Crippen molar-refractivity contribution in [2.24, 2.45) is 0 Å². The number of nitrogens with one attached hydrogen (secondary N) is 1. The van der Waals surface area contributed by atoms with E-state index in [4.69, 9.17) is 22.1 Å². The highest BCUT2D eigenvalue weighted by Gasteiger charge is 2.41. The fraction of sp³-hybridized carbons (Fsp3) is 0.167. The Balaban J connectivity index is 3.47. The molecule has 0 saturated carbocycles. The van der Waals surface area contributed by atoms with Crippen LogP contribution < -0.4 is 5.32 Å². The number of nitriles is 2. The van der Waals surface area contributed by atoms with E-state index in [1.165, 1.54) is 12.1 Å². The van der Waals surface area contributed by atoms with Crippen LogP contribution in [0.3, 0.4) is 0 Å². The molecule has 0 aliphatic heterocycles. The highest BCUT2D eigenvalue weighted by Crippen LogP contribution is 2.43. The van der Waals surface area contributed by atoms with Gasteiger partial charge < -0.3 is 5.32 Å². The smallest absolute Gasteiger partial charge is 0.360 e. The van der Waals surface area contributed by atoms with E-state index in [1.807, 2.05) is 5.32 Å². The van der Waals surface area contributed by atoms with Crippen molar-refractivity contribution >= 4 is 17.3 Å². The Kier molecular flexibility index (Phi) is 4.94. The second-order valence-electron chi connectivity index (χ2n) is 3.81. The molecule has 0 saturated heterocycles. The monoisotopic (exact) mass is 339 g/mol. The van der Waals surface area contributed by atoms with Gasteiger partial charge in [-0.25, -0.2) is 0 Å². The molecule has 22 heavy (non-hydrogen) atoms. The fourth-order valence-corrected chi connectivity index (χ4v) is 1.69. The van der Waals surface area contributed by atoms with Gasteiger partial charge in [0.25, 0.3) is 0 Å². The maximum absolute atomic E-state index is 12.7. The number of rotatable bonds is 2. The van der Waals surface area contributed by atoms with Crippen molar-refractivity contribution in [3.05, 3.63) is 40.1 Å². The molecule has 0 aliphatic carbocycles. The van der Waals surface area contributed by atoms with Crippen LogP contribution in [0.2, 0.25) is 5.02 Å². The number of hydrogen-bond acceptors (Lipinski definition) is 3. The van der Waals surface area contributed by atoms with E-state index >= 15 is 0 Å². The van der Waals surface area contributed by atoms with Crippen LogP contribution >= 0.6 is 11.6 Å². The number of anilines is 1. The van der Waals surface area contributed by atoms with Gasteiger partial charge >= 0.3 is 12.4 Å². The molecule has 1 aromatic carbocycles. The summed E-state index contributed by atoms with van der Waals surface area (Å²) in [4.78, 5) is 0. The first-order valence-corrected chi connectivity index (χ1v) is 5.63. The molecule has 0 amide bonds. The predicted molar refractivity (Wildman–Crippen MR) is 64.4 cm³/mol. The zero-order chi connectivity index (χ0) is 17.1. The van der Waals surface area contributed by atoms with Gasteiger partial charge in [0.15, 0.2) is 0 Å². The van der Waals surface area contributed by atoms with Crippen molar-refractivity contribution in [3.8, 4) is 12.1 Å². The molecule has 0 aromatic heterocycles. The minimum atomic E-state index is -5.11. The minimum Gasteiger partial charge on any atom is -0.360 e. The van der Waals surface area contributed by atoms with Crippen LogP contribution in [0.25, 0.3) is 0 Å². The van der Waals surface area contributed by atoms with Crippen molar-refractivity contribution in [3.63, 3.8) is 0 Å². The van der Waals surface area contributed by atoms with Crippen molar-refractivity contribution in [2.45, 2.75) is 12.4 Å². The number of halogens is 7. The zero-order valence-corrected chi connectivity index (χ0v) is 11.0. The Morgan fingerprint density at radius 3 is 1.73 bits per heavy atom. The Morgan fingerprint density at radius 2 is 1.41 bits per heavy atom. The van der Waals surface area contributed by atoms with Crippen molar-refractivity contribution in [1.82, 2.24) is 0 Å². The molecule has 1 aromatic rings. The third-order valence-electron chi connectivity index (χ3n) is 2.31. The fourth-order valence-electron chi connectivity index (χ4n) is 1.37. The van der Waals surface area contributed by atoms with Crippen molar-refractivity contribution < 1.29 is 26.3 Å². The van der Waals surface area contributed by atoms with E-state index in [1.54, 1.807) is 0 Å². The lowest BCUT2D eigenvalue weighted by Crippen LogP contribution is -2.13. The zero-order valence-electron chi connectivity index (χ0n) is 10.3. The molecular weight excluding hydrogens is 336 g/mol. The standard InChI is InChI=1S/C12H4ClF6N3/c13-10-8(11(14,15)16)1-7(2-9(10)12(17,18)19)22-5-6(3-20)4-21/h1-2,5,22H. The summed E-state index contributed by atoms with van der Waals surface area (Å²) in [5.41, 5.74) is -4.52. The van der Waals surface area contributed by atoms with Crippen molar-refractivity contribution in [1.29, 1.82) is 10.5 Å². The molecule has 1 rings (SSSR count). The third kappa shape index (κ3) is 4.06. The lowest BCUT2D eigenvalue weighted by molar-refractivity contribution is -0.142. The average molecular weight is 340 g/mol. The molecule has 0 radical (unpaired) electrons. The van der Waals surface area contributed by atoms with Crippen LogP contribution in [-0.4, -0.2) is 0 Å². The molecular formula is C12H4ClF6N3. The maximum Gasteiger partial charge on any atom is 0.417 e. The second kappa shape index (κ2) is 6.16. The van der Waals surface area contributed by atoms with Gasteiger partial charge in [0.2, 0.25) is 0 Å². The summed E-state index contributed by atoms with van der Waals surface area (Å²) >= 11 is 5.18. The lowest BCUT2D eigenvalue weighted by Gasteiger charge is -2.16.